The van der Waals surface area contributed by atoms with E-state index in [1.54, 1.807) is 10.9 Å². The van der Waals surface area contributed by atoms with Crippen molar-refractivity contribution in [2.45, 2.75) is 62.7 Å². The van der Waals surface area contributed by atoms with Crippen LogP contribution in [-0.2, 0) is 19.9 Å². The number of aromatic nitrogens is 3. The second kappa shape index (κ2) is 9.00. The Bertz CT molecular complexity index is 764. The summed E-state index contributed by atoms with van der Waals surface area (Å²) in [6.45, 7) is 0.167. The molecule has 1 aromatic rings. The number of likely N-dealkylation sites (tertiary alicyclic amines) is 1. The number of carbonyl (C=O) groups excluding carboxylic acids is 3. The summed E-state index contributed by atoms with van der Waals surface area (Å²) in [6, 6.07) is -0.284. The molecule has 1 aliphatic carbocycles. The fourth-order valence-electron chi connectivity index (χ4n) is 3.63. The fourth-order valence-corrected chi connectivity index (χ4v) is 3.63. The molecule has 9 nitrogen and oxygen atoms in total. The quantitative estimate of drug-likeness (QED) is 0.691. The van der Waals surface area contributed by atoms with E-state index in [2.05, 4.69) is 15.6 Å². The number of hydrogen-bond donors (Lipinski definition) is 2. The van der Waals surface area contributed by atoms with Gasteiger partial charge < -0.3 is 15.5 Å². The number of carbonyl (C=O) groups is 3. The standard InChI is InChI=1S/C18H25F3N6O3/c19-18(20,21)10-14(28)22-11-15(29)26-8-3-1-2-4-13(12-26)24-16(30)17(5-6-17)27-9-7-23-25-27/h7,9,13H,1-6,8,10-12H2,(H,22,28)(H,24,30). The third-order valence-electron chi connectivity index (χ3n) is 5.41. The zero-order valence-corrected chi connectivity index (χ0v) is 16.5. The first-order chi connectivity index (χ1) is 14.2. The van der Waals surface area contributed by atoms with Gasteiger partial charge in [-0.2, -0.15) is 13.2 Å². The third-order valence-corrected chi connectivity index (χ3v) is 5.41. The first-order valence-electron chi connectivity index (χ1n) is 9.99. The van der Waals surface area contributed by atoms with Gasteiger partial charge in [-0.1, -0.05) is 18.1 Å². The van der Waals surface area contributed by atoms with Crippen LogP contribution in [0, 0.1) is 0 Å². The summed E-state index contributed by atoms with van der Waals surface area (Å²) in [5.74, 6) is -1.88. The molecule has 2 aliphatic rings. The molecule has 0 aromatic carbocycles. The van der Waals surface area contributed by atoms with Gasteiger partial charge in [-0.3, -0.25) is 14.4 Å². The molecule has 12 heteroatoms. The van der Waals surface area contributed by atoms with Crippen molar-refractivity contribution >= 4 is 17.7 Å². The van der Waals surface area contributed by atoms with Gasteiger partial charge in [0.2, 0.25) is 17.7 Å². The summed E-state index contributed by atoms with van der Waals surface area (Å²) in [4.78, 5) is 38.1. The van der Waals surface area contributed by atoms with Gasteiger partial charge in [0.1, 0.15) is 12.0 Å². The molecular weight excluding hydrogens is 405 g/mol. The molecule has 2 heterocycles. The van der Waals surface area contributed by atoms with Crippen LogP contribution in [0.2, 0.25) is 0 Å². The second-order valence-electron chi connectivity index (χ2n) is 7.81. The van der Waals surface area contributed by atoms with E-state index in [1.807, 2.05) is 5.32 Å². The first-order valence-corrected chi connectivity index (χ1v) is 9.99. The highest BCUT2D eigenvalue weighted by molar-refractivity contribution is 5.87. The highest BCUT2D eigenvalue weighted by Gasteiger charge is 2.53. The first kappa shape index (κ1) is 22.0. The Morgan fingerprint density at radius 2 is 1.93 bits per heavy atom. The topological polar surface area (TPSA) is 109 Å². The normalized spacial score (nSPS) is 21.3. The molecule has 1 aliphatic heterocycles. The van der Waals surface area contributed by atoms with Crippen LogP contribution in [0.1, 0.15) is 44.9 Å². The highest BCUT2D eigenvalue weighted by atomic mass is 19.4. The Balaban J connectivity index is 1.55. The maximum absolute atomic E-state index is 12.8. The minimum Gasteiger partial charge on any atom is -0.349 e. The molecule has 30 heavy (non-hydrogen) atoms. The molecular formula is C18H25F3N6O3. The summed E-state index contributed by atoms with van der Waals surface area (Å²) in [5.41, 5.74) is -0.737. The zero-order chi connectivity index (χ0) is 21.8. The second-order valence-corrected chi connectivity index (χ2v) is 7.81. The minimum absolute atomic E-state index is 0.176. The predicted molar refractivity (Wildman–Crippen MR) is 97.9 cm³/mol. The van der Waals surface area contributed by atoms with Crippen LogP contribution in [0.3, 0.4) is 0 Å². The maximum atomic E-state index is 12.8. The summed E-state index contributed by atoms with van der Waals surface area (Å²) in [5, 5.41) is 12.7. The fraction of sp³-hybridized carbons (Fsp3) is 0.722. The molecule has 3 amide bonds. The number of nitrogens with one attached hydrogen (secondary N) is 2. The Kier molecular flexibility index (Phi) is 6.61. The smallest absolute Gasteiger partial charge is 0.349 e. The van der Waals surface area contributed by atoms with Gasteiger partial charge in [0.25, 0.3) is 0 Å². The van der Waals surface area contributed by atoms with Crippen LogP contribution in [0.4, 0.5) is 13.2 Å². The molecule has 1 unspecified atom stereocenters. The Morgan fingerprint density at radius 1 is 1.17 bits per heavy atom. The molecule has 1 atom stereocenters. The van der Waals surface area contributed by atoms with E-state index in [4.69, 9.17) is 0 Å². The lowest BCUT2D eigenvalue weighted by Gasteiger charge is -2.31. The Hall–Kier alpha value is -2.66. The monoisotopic (exact) mass is 430 g/mol. The SMILES string of the molecule is O=C(CC(F)(F)F)NCC(=O)N1CCCCCC(NC(=O)C2(n3ccnn3)CC2)C1. The summed E-state index contributed by atoms with van der Waals surface area (Å²) < 4.78 is 38.3. The van der Waals surface area contributed by atoms with Crippen LogP contribution in [0.15, 0.2) is 12.4 Å². The van der Waals surface area contributed by atoms with Crippen LogP contribution < -0.4 is 10.6 Å². The average molecular weight is 430 g/mol. The van der Waals surface area contributed by atoms with Crippen molar-refractivity contribution in [1.82, 2.24) is 30.5 Å². The van der Waals surface area contributed by atoms with Crippen molar-refractivity contribution in [1.29, 1.82) is 0 Å². The zero-order valence-electron chi connectivity index (χ0n) is 16.5. The van der Waals surface area contributed by atoms with Crippen molar-refractivity contribution < 1.29 is 27.6 Å². The van der Waals surface area contributed by atoms with Crippen molar-refractivity contribution in [3.63, 3.8) is 0 Å². The maximum Gasteiger partial charge on any atom is 0.397 e. The molecule has 1 saturated carbocycles. The molecule has 0 bridgehead atoms. The molecule has 3 rings (SSSR count). The van der Waals surface area contributed by atoms with Crippen LogP contribution >= 0.6 is 0 Å². The lowest BCUT2D eigenvalue weighted by molar-refractivity contribution is -0.154. The summed E-state index contributed by atoms with van der Waals surface area (Å²) >= 11 is 0. The van der Waals surface area contributed by atoms with E-state index in [0.717, 1.165) is 19.3 Å². The lowest BCUT2D eigenvalue weighted by atomic mass is 10.0. The molecule has 0 radical (unpaired) electrons. The lowest BCUT2D eigenvalue weighted by Crippen LogP contribution is -2.52. The van der Waals surface area contributed by atoms with Gasteiger partial charge >= 0.3 is 6.18 Å². The number of halogens is 3. The number of alkyl halides is 3. The van der Waals surface area contributed by atoms with Gasteiger partial charge in [-0.25, -0.2) is 4.68 Å². The van der Waals surface area contributed by atoms with Gasteiger partial charge in [-0.05, 0) is 25.7 Å². The average Bonchev–Trinajstić information content (AvgIpc) is 3.27. The van der Waals surface area contributed by atoms with Gasteiger partial charge in [-0.15, -0.1) is 5.10 Å². The molecule has 1 saturated heterocycles. The van der Waals surface area contributed by atoms with E-state index in [9.17, 15) is 27.6 Å². The molecule has 2 N–H and O–H groups in total. The predicted octanol–water partition coefficient (Wildman–Crippen LogP) is 0.723. The van der Waals surface area contributed by atoms with Crippen LogP contribution in [0.5, 0.6) is 0 Å². The minimum atomic E-state index is -4.62. The van der Waals surface area contributed by atoms with Gasteiger partial charge in [0.05, 0.1) is 12.7 Å². The van der Waals surface area contributed by atoms with Gasteiger partial charge in [0.15, 0.2) is 0 Å². The Morgan fingerprint density at radius 3 is 2.57 bits per heavy atom. The van der Waals surface area contributed by atoms with Crippen LogP contribution in [-0.4, -0.2) is 69.5 Å². The Labute approximate surface area is 171 Å². The number of rotatable bonds is 6. The van der Waals surface area contributed by atoms with Crippen LogP contribution in [0.25, 0.3) is 0 Å². The number of nitrogens with zero attached hydrogens (tertiary/aromatic N) is 4. The largest absolute Gasteiger partial charge is 0.397 e. The van der Waals surface area contributed by atoms with Crippen molar-refractivity contribution in [2.24, 2.45) is 0 Å². The van der Waals surface area contributed by atoms with Gasteiger partial charge in [0, 0.05) is 25.3 Å². The summed E-state index contributed by atoms with van der Waals surface area (Å²) in [7, 11) is 0. The highest BCUT2D eigenvalue weighted by Crippen LogP contribution is 2.43. The molecule has 166 valence electrons. The van der Waals surface area contributed by atoms with Crippen molar-refractivity contribution in [3.05, 3.63) is 12.4 Å². The van der Waals surface area contributed by atoms with E-state index < -0.39 is 36.5 Å². The molecule has 2 fully saturated rings. The van der Waals surface area contributed by atoms with E-state index in [1.165, 1.54) is 11.1 Å². The number of amides is 3. The van der Waals surface area contributed by atoms with Crippen molar-refractivity contribution in [2.75, 3.05) is 19.6 Å². The summed E-state index contributed by atoms with van der Waals surface area (Å²) in [6.07, 6.45) is 1.42. The molecule has 0 spiro atoms. The van der Waals surface area contributed by atoms with E-state index in [0.29, 0.717) is 25.8 Å². The van der Waals surface area contributed by atoms with E-state index >= 15 is 0 Å². The van der Waals surface area contributed by atoms with E-state index in [-0.39, 0.29) is 18.5 Å². The third kappa shape index (κ3) is 5.70. The number of hydrogen-bond acceptors (Lipinski definition) is 5. The van der Waals surface area contributed by atoms with Crippen molar-refractivity contribution in [3.8, 4) is 0 Å². The molecule has 1 aromatic heterocycles.